The van der Waals surface area contributed by atoms with Crippen LogP contribution in [0.25, 0.3) is 0 Å². The number of fused-ring (bicyclic) bond motifs is 1. The molecule has 1 aliphatic rings. The number of carbonyl (C=O) groups excluding carboxylic acids is 1. The Kier molecular flexibility index (Phi) is 3.00. The Balaban J connectivity index is 1.70. The summed E-state index contributed by atoms with van der Waals surface area (Å²) in [5.74, 6) is 0.0421. The molecule has 0 atom stereocenters. The number of hydrogen-bond donors (Lipinski definition) is 2. The molecule has 3 rings (SSSR count). The maximum absolute atomic E-state index is 11.2. The summed E-state index contributed by atoms with van der Waals surface area (Å²) in [6.45, 7) is 1.94. The maximum atomic E-state index is 11.2. The van der Waals surface area contributed by atoms with Crippen LogP contribution in [0.3, 0.4) is 0 Å². The zero-order valence-electron chi connectivity index (χ0n) is 10.3. The summed E-state index contributed by atoms with van der Waals surface area (Å²) in [7, 11) is 0. The summed E-state index contributed by atoms with van der Waals surface area (Å²) >= 11 is 1.51. The van der Waals surface area contributed by atoms with Gasteiger partial charge in [-0.1, -0.05) is 6.07 Å². The van der Waals surface area contributed by atoms with E-state index in [4.69, 9.17) is 0 Å². The van der Waals surface area contributed by atoms with Crippen LogP contribution >= 0.6 is 11.3 Å². The van der Waals surface area contributed by atoms with Crippen LogP contribution in [0.5, 0.6) is 0 Å². The molecule has 1 amide bonds. The molecule has 0 aliphatic carbocycles. The van der Waals surface area contributed by atoms with Gasteiger partial charge in [0.1, 0.15) is 0 Å². The first-order valence-electron chi connectivity index (χ1n) is 5.85. The van der Waals surface area contributed by atoms with Crippen molar-refractivity contribution in [2.24, 2.45) is 5.10 Å². The van der Waals surface area contributed by atoms with E-state index in [2.05, 4.69) is 20.8 Å². The highest BCUT2D eigenvalue weighted by molar-refractivity contribution is 7.13. The van der Waals surface area contributed by atoms with Crippen LogP contribution < -0.4 is 10.7 Å². The minimum absolute atomic E-state index is 0.0421. The molecule has 5 nitrogen and oxygen atoms in total. The van der Waals surface area contributed by atoms with Crippen molar-refractivity contribution in [2.45, 2.75) is 13.3 Å². The molecule has 1 aromatic carbocycles. The van der Waals surface area contributed by atoms with Crippen LogP contribution in [0.4, 0.5) is 10.8 Å². The second kappa shape index (κ2) is 4.81. The molecule has 1 aromatic heterocycles. The fourth-order valence-electron chi connectivity index (χ4n) is 1.90. The van der Waals surface area contributed by atoms with Crippen LogP contribution in [0.1, 0.15) is 16.8 Å². The van der Waals surface area contributed by atoms with Gasteiger partial charge in [-0.15, -0.1) is 11.3 Å². The van der Waals surface area contributed by atoms with Crippen molar-refractivity contribution in [1.29, 1.82) is 0 Å². The van der Waals surface area contributed by atoms with Crippen molar-refractivity contribution in [3.63, 3.8) is 0 Å². The van der Waals surface area contributed by atoms with Gasteiger partial charge < -0.3 is 5.32 Å². The van der Waals surface area contributed by atoms with Crippen molar-refractivity contribution in [1.82, 2.24) is 4.98 Å². The lowest BCUT2D eigenvalue weighted by molar-refractivity contribution is -0.115. The molecule has 6 heteroatoms. The van der Waals surface area contributed by atoms with Gasteiger partial charge in [0.2, 0.25) is 11.0 Å². The summed E-state index contributed by atoms with van der Waals surface area (Å²) in [5.41, 5.74) is 6.72. The van der Waals surface area contributed by atoms with Gasteiger partial charge >= 0.3 is 0 Å². The zero-order valence-corrected chi connectivity index (χ0v) is 11.1. The van der Waals surface area contributed by atoms with Gasteiger partial charge in [0.25, 0.3) is 0 Å². The van der Waals surface area contributed by atoms with E-state index in [1.54, 1.807) is 6.21 Å². The zero-order chi connectivity index (χ0) is 13.2. The fraction of sp³-hybridized carbons (Fsp3) is 0.154. The lowest BCUT2D eigenvalue weighted by Crippen LogP contribution is -2.03. The van der Waals surface area contributed by atoms with E-state index in [0.717, 1.165) is 27.6 Å². The monoisotopic (exact) mass is 272 g/mol. The number of aryl methyl sites for hydroxylation is 1. The smallest absolute Gasteiger partial charge is 0.228 e. The molecule has 0 radical (unpaired) electrons. The second-order valence-electron chi connectivity index (χ2n) is 4.31. The van der Waals surface area contributed by atoms with Crippen LogP contribution in [0, 0.1) is 6.92 Å². The Hall–Kier alpha value is -2.21. The van der Waals surface area contributed by atoms with Crippen LogP contribution in [-0.2, 0) is 11.2 Å². The number of benzene rings is 1. The van der Waals surface area contributed by atoms with Gasteiger partial charge in [-0.3, -0.25) is 10.2 Å². The number of carbonyl (C=O) groups is 1. The predicted octanol–water partition coefficient (Wildman–Crippen LogP) is 2.39. The second-order valence-corrected chi connectivity index (χ2v) is 5.16. The molecule has 0 bridgehead atoms. The minimum atomic E-state index is 0.0421. The largest absolute Gasteiger partial charge is 0.326 e. The lowest BCUT2D eigenvalue weighted by atomic mass is 10.1. The van der Waals surface area contributed by atoms with Crippen molar-refractivity contribution >= 4 is 34.3 Å². The lowest BCUT2D eigenvalue weighted by Gasteiger charge is -1.99. The number of hydrazone groups is 1. The Morgan fingerprint density at radius 2 is 2.42 bits per heavy atom. The summed E-state index contributed by atoms with van der Waals surface area (Å²) in [6, 6.07) is 5.78. The topological polar surface area (TPSA) is 66.4 Å². The van der Waals surface area contributed by atoms with Crippen LogP contribution in [0.15, 0.2) is 28.7 Å². The first-order valence-corrected chi connectivity index (χ1v) is 6.73. The first kappa shape index (κ1) is 11.9. The standard InChI is InChI=1S/C13H12N4OS/c1-8-7-19-13(15-8)17-14-6-9-2-3-11-10(4-9)5-12(18)16-11/h2-4,6-7H,5H2,1H3,(H,15,17)(H,16,18). The van der Waals surface area contributed by atoms with E-state index >= 15 is 0 Å². The Bertz CT molecular complexity index is 662. The number of anilines is 2. The quantitative estimate of drug-likeness (QED) is 0.666. The van der Waals surface area contributed by atoms with Gasteiger partial charge in [0, 0.05) is 11.1 Å². The molecular formula is C13H12N4OS. The summed E-state index contributed by atoms with van der Waals surface area (Å²) in [5, 5.41) is 9.67. The van der Waals surface area contributed by atoms with Gasteiger partial charge in [-0.05, 0) is 30.2 Å². The SMILES string of the molecule is Cc1csc(NN=Cc2ccc3c(c2)CC(=O)N3)n1. The normalized spacial score (nSPS) is 13.6. The Morgan fingerprint density at radius 3 is 3.21 bits per heavy atom. The average Bonchev–Trinajstić information content (AvgIpc) is 2.94. The first-order chi connectivity index (χ1) is 9.20. The highest BCUT2D eigenvalue weighted by Crippen LogP contribution is 2.23. The van der Waals surface area contributed by atoms with Gasteiger partial charge in [-0.25, -0.2) is 4.98 Å². The highest BCUT2D eigenvalue weighted by atomic mass is 32.1. The molecule has 0 spiro atoms. The predicted molar refractivity (Wildman–Crippen MR) is 76.8 cm³/mol. The number of aromatic nitrogens is 1. The number of amides is 1. The van der Waals surface area contributed by atoms with Crippen LogP contribution in [-0.4, -0.2) is 17.1 Å². The molecule has 2 aromatic rings. The maximum Gasteiger partial charge on any atom is 0.228 e. The third-order valence-electron chi connectivity index (χ3n) is 2.75. The Labute approximate surface area is 114 Å². The number of hydrogen-bond acceptors (Lipinski definition) is 5. The fourth-order valence-corrected chi connectivity index (χ4v) is 2.53. The van der Waals surface area contributed by atoms with Crippen molar-refractivity contribution < 1.29 is 4.79 Å². The molecule has 0 saturated heterocycles. The van der Waals surface area contributed by atoms with E-state index < -0.39 is 0 Å². The van der Waals surface area contributed by atoms with E-state index in [-0.39, 0.29) is 5.91 Å². The number of nitrogens with zero attached hydrogens (tertiary/aromatic N) is 2. The average molecular weight is 272 g/mol. The summed E-state index contributed by atoms with van der Waals surface area (Å²) in [4.78, 5) is 15.5. The molecule has 1 aliphatic heterocycles. The van der Waals surface area contributed by atoms with Gasteiger partial charge in [0.15, 0.2) is 0 Å². The molecule has 2 heterocycles. The third kappa shape index (κ3) is 2.63. The molecule has 0 fully saturated rings. The van der Waals surface area contributed by atoms with Gasteiger partial charge in [0.05, 0.1) is 18.3 Å². The van der Waals surface area contributed by atoms with Crippen molar-refractivity contribution in [3.05, 3.63) is 40.4 Å². The molecule has 19 heavy (non-hydrogen) atoms. The van der Waals surface area contributed by atoms with Crippen LogP contribution in [0.2, 0.25) is 0 Å². The van der Waals surface area contributed by atoms with E-state index in [0.29, 0.717) is 6.42 Å². The summed E-state index contributed by atoms with van der Waals surface area (Å²) < 4.78 is 0. The molecule has 0 unspecified atom stereocenters. The van der Waals surface area contributed by atoms with E-state index in [9.17, 15) is 4.79 Å². The van der Waals surface area contributed by atoms with Crippen molar-refractivity contribution in [3.8, 4) is 0 Å². The third-order valence-corrected chi connectivity index (χ3v) is 3.61. The van der Waals surface area contributed by atoms with E-state index in [1.165, 1.54) is 11.3 Å². The number of rotatable bonds is 3. The molecule has 0 saturated carbocycles. The number of thiazole rings is 1. The highest BCUT2D eigenvalue weighted by Gasteiger charge is 2.16. The van der Waals surface area contributed by atoms with E-state index in [1.807, 2.05) is 30.5 Å². The molecule has 2 N–H and O–H groups in total. The Morgan fingerprint density at radius 1 is 1.53 bits per heavy atom. The summed E-state index contributed by atoms with van der Waals surface area (Å²) in [6.07, 6.45) is 2.16. The van der Waals surface area contributed by atoms with Gasteiger partial charge in [-0.2, -0.15) is 5.10 Å². The molecular weight excluding hydrogens is 260 g/mol. The minimum Gasteiger partial charge on any atom is -0.326 e. The van der Waals surface area contributed by atoms with Crippen molar-refractivity contribution in [2.75, 3.05) is 10.7 Å². The molecule has 96 valence electrons. The number of nitrogens with one attached hydrogen (secondary N) is 2.